The van der Waals surface area contributed by atoms with Crippen LogP contribution in [0.3, 0.4) is 0 Å². The van der Waals surface area contributed by atoms with E-state index in [-0.39, 0.29) is 17.0 Å². The minimum absolute atomic E-state index is 0.169. The summed E-state index contributed by atoms with van der Waals surface area (Å²) in [7, 11) is 0. The number of aromatic nitrogens is 3. The molecule has 1 saturated carbocycles. The molecule has 134 valence electrons. The average molecular weight is 367 g/mol. The summed E-state index contributed by atoms with van der Waals surface area (Å²) >= 11 is 0.957. The molecule has 0 saturated heterocycles. The van der Waals surface area contributed by atoms with E-state index < -0.39 is 11.8 Å². The Kier molecular flexibility index (Phi) is 4.79. The summed E-state index contributed by atoms with van der Waals surface area (Å²) in [6.07, 6.45) is 3.57. The zero-order valence-corrected chi connectivity index (χ0v) is 14.7. The molecule has 0 unspecified atom stereocenters. The SMILES string of the molecule is Cc1c(C(C)(F)F)nn(CC2CC2)c1C(=O)Nc1ccnc(SN)c1. The van der Waals surface area contributed by atoms with Crippen molar-refractivity contribution in [2.24, 2.45) is 11.1 Å². The van der Waals surface area contributed by atoms with Crippen LogP contribution < -0.4 is 10.5 Å². The number of nitrogens with two attached hydrogens (primary N) is 1. The highest BCUT2D eigenvalue weighted by Gasteiger charge is 2.35. The normalized spacial score (nSPS) is 14.6. The molecule has 1 aliphatic carbocycles. The fourth-order valence-corrected chi connectivity index (χ4v) is 2.99. The first-order valence-corrected chi connectivity index (χ1v) is 8.77. The zero-order valence-electron chi connectivity index (χ0n) is 13.9. The number of nitrogens with one attached hydrogen (secondary N) is 1. The summed E-state index contributed by atoms with van der Waals surface area (Å²) in [5.74, 6) is -3.18. The Balaban J connectivity index is 1.93. The first kappa shape index (κ1) is 17.8. The number of rotatable bonds is 6. The van der Waals surface area contributed by atoms with Gasteiger partial charge in [0, 0.05) is 30.9 Å². The minimum atomic E-state index is -3.10. The van der Waals surface area contributed by atoms with E-state index in [0.717, 1.165) is 31.7 Å². The Hall–Kier alpha value is -2.00. The molecule has 0 aromatic carbocycles. The van der Waals surface area contributed by atoms with Gasteiger partial charge in [-0.2, -0.15) is 13.9 Å². The predicted molar refractivity (Wildman–Crippen MR) is 91.5 cm³/mol. The van der Waals surface area contributed by atoms with Gasteiger partial charge in [-0.15, -0.1) is 0 Å². The molecule has 1 aliphatic rings. The third-order valence-electron chi connectivity index (χ3n) is 4.06. The first-order valence-electron chi connectivity index (χ1n) is 7.89. The molecule has 0 aliphatic heterocycles. The second-order valence-electron chi connectivity index (χ2n) is 6.29. The molecule has 0 radical (unpaired) electrons. The molecular weight excluding hydrogens is 348 g/mol. The number of carbonyl (C=O) groups is 1. The van der Waals surface area contributed by atoms with Gasteiger partial charge in [0.25, 0.3) is 11.8 Å². The van der Waals surface area contributed by atoms with Crippen molar-refractivity contribution in [1.29, 1.82) is 0 Å². The largest absolute Gasteiger partial charge is 0.321 e. The topological polar surface area (TPSA) is 85.8 Å². The fourth-order valence-electron chi connectivity index (χ4n) is 2.68. The molecule has 9 heteroatoms. The van der Waals surface area contributed by atoms with Crippen LogP contribution >= 0.6 is 11.9 Å². The smallest absolute Gasteiger partial charge is 0.289 e. The number of carbonyl (C=O) groups excluding carboxylic acids is 1. The maximum atomic E-state index is 13.8. The Bertz CT molecular complexity index is 798. The third kappa shape index (κ3) is 3.98. The molecule has 6 nitrogen and oxygen atoms in total. The number of anilines is 1. The summed E-state index contributed by atoms with van der Waals surface area (Å²) in [6.45, 7) is 2.77. The van der Waals surface area contributed by atoms with Crippen molar-refractivity contribution in [2.45, 2.75) is 44.2 Å². The van der Waals surface area contributed by atoms with Crippen molar-refractivity contribution in [2.75, 3.05) is 5.32 Å². The van der Waals surface area contributed by atoms with E-state index in [1.54, 1.807) is 12.1 Å². The van der Waals surface area contributed by atoms with Gasteiger partial charge in [-0.25, -0.2) is 4.98 Å². The van der Waals surface area contributed by atoms with E-state index in [4.69, 9.17) is 5.14 Å². The van der Waals surface area contributed by atoms with Crippen molar-refractivity contribution in [3.63, 3.8) is 0 Å². The standard InChI is InChI=1S/C16H19F2N5OS/c1-9-13(15(24)21-11-5-6-20-12(7-11)25-19)23(8-10-3-4-10)22-14(9)16(2,17)18/h5-7,10H,3-4,8,19H2,1-2H3,(H,20,21,24). The van der Waals surface area contributed by atoms with Crippen LogP contribution in [0.25, 0.3) is 0 Å². The molecule has 1 amide bonds. The van der Waals surface area contributed by atoms with Crippen LogP contribution in [-0.4, -0.2) is 20.7 Å². The number of hydrogen-bond acceptors (Lipinski definition) is 5. The maximum absolute atomic E-state index is 13.8. The van der Waals surface area contributed by atoms with Gasteiger partial charge in [0.2, 0.25) is 0 Å². The van der Waals surface area contributed by atoms with Crippen LogP contribution in [0.2, 0.25) is 0 Å². The van der Waals surface area contributed by atoms with Gasteiger partial charge >= 0.3 is 0 Å². The van der Waals surface area contributed by atoms with Crippen molar-refractivity contribution in [1.82, 2.24) is 14.8 Å². The van der Waals surface area contributed by atoms with Crippen molar-refractivity contribution < 1.29 is 13.6 Å². The monoisotopic (exact) mass is 367 g/mol. The third-order valence-corrected chi connectivity index (χ3v) is 4.53. The Morgan fingerprint density at radius 3 is 2.84 bits per heavy atom. The number of amides is 1. The predicted octanol–water partition coefficient (Wildman–Crippen LogP) is 3.33. The van der Waals surface area contributed by atoms with Gasteiger partial charge in [-0.1, -0.05) is 0 Å². The van der Waals surface area contributed by atoms with Crippen molar-refractivity contribution in [3.05, 3.63) is 35.3 Å². The number of nitrogens with zero attached hydrogens (tertiary/aromatic N) is 3. The van der Waals surface area contributed by atoms with Gasteiger partial charge in [-0.05, 0) is 49.8 Å². The van der Waals surface area contributed by atoms with E-state index >= 15 is 0 Å². The highest BCUT2D eigenvalue weighted by atomic mass is 32.2. The Labute approximate surface area is 148 Å². The molecule has 3 N–H and O–H groups in total. The van der Waals surface area contributed by atoms with E-state index in [0.29, 0.717) is 23.2 Å². The molecule has 2 aromatic rings. The average Bonchev–Trinajstić information content (AvgIpc) is 3.28. The number of pyridine rings is 1. The van der Waals surface area contributed by atoms with E-state index in [1.807, 2.05) is 0 Å². The van der Waals surface area contributed by atoms with Crippen molar-refractivity contribution >= 4 is 23.5 Å². The lowest BCUT2D eigenvalue weighted by Crippen LogP contribution is -2.19. The van der Waals surface area contributed by atoms with Crippen molar-refractivity contribution in [3.8, 4) is 0 Å². The highest BCUT2D eigenvalue weighted by Crippen LogP contribution is 2.34. The number of alkyl halides is 2. The minimum Gasteiger partial charge on any atom is -0.321 e. The lowest BCUT2D eigenvalue weighted by Gasteiger charge is -2.09. The van der Waals surface area contributed by atoms with Gasteiger partial charge in [-0.3, -0.25) is 14.6 Å². The van der Waals surface area contributed by atoms with Crippen LogP contribution in [0.5, 0.6) is 0 Å². The van der Waals surface area contributed by atoms with Gasteiger partial charge < -0.3 is 5.32 Å². The maximum Gasteiger partial charge on any atom is 0.289 e. The van der Waals surface area contributed by atoms with Crippen LogP contribution in [0.1, 0.15) is 41.5 Å². The Morgan fingerprint density at radius 1 is 1.52 bits per heavy atom. The molecule has 0 atom stereocenters. The van der Waals surface area contributed by atoms with Crippen LogP contribution in [0.4, 0.5) is 14.5 Å². The molecule has 0 bridgehead atoms. The van der Waals surface area contributed by atoms with Crippen LogP contribution in [0.15, 0.2) is 23.4 Å². The van der Waals surface area contributed by atoms with E-state index in [2.05, 4.69) is 15.4 Å². The van der Waals surface area contributed by atoms with Gasteiger partial charge in [0.1, 0.15) is 16.4 Å². The highest BCUT2D eigenvalue weighted by molar-refractivity contribution is 7.97. The molecular formula is C16H19F2N5OS. The summed E-state index contributed by atoms with van der Waals surface area (Å²) in [5, 5.41) is 12.8. The number of hydrogen-bond donors (Lipinski definition) is 2. The van der Waals surface area contributed by atoms with Gasteiger partial charge in [0.15, 0.2) is 0 Å². The lowest BCUT2D eigenvalue weighted by atomic mass is 10.1. The van der Waals surface area contributed by atoms with Crippen LogP contribution in [-0.2, 0) is 12.5 Å². The zero-order chi connectivity index (χ0) is 18.2. The van der Waals surface area contributed by atoms with Crippen LogP contribution in [0, 0.1) is 12.8 Å². The number of halogens is 2. The molecule has 2 heterocycles. The summed E-state index contributed by atoms with van der Waals surface area (Å²) in [6, 6.07) is 3.23. The van der Waals surface area contributed by atoms with Gasteiger partial charge in [0.05, 0.1) is 0 Å². The fraction of sp³-hybridized carbons (Fsp3) is 0.438. The molecule has 3 rings (SSSR count). The summed E-state index contributed by atoms with van der Waals surface area (Å²) < 4.78 is 29.0. The molecule has 0 spiro atoms. The second-order valence-corrected chi connectivity index (χ2v) is 6.94. The molecule has 2 aromatic heterocycles. The molecule has 25 heavy (non-hydrogen) atoms. The summed E-state index contributed by atoms with van der Waals surface area (Å²) in [5.41, 5.74) is 0.512. The second kappa shape index (κ2) is 6.72. The first-order chi connectivity index (χ1) is 11.8. The molecule has 1 fully saturated rings. The quantitative estimate of drug-likeness (QED) is 0.765. The summed E-state index contributed by atoms with van der Waals surface area (Å²) in [4.78, 5) is 16.7. The lowest BCUT2D eigenvalue weighted by molar-refractivity contribution is 0.0114. The van der Waals surface area contributed by atoms with E-state index in [1.165, 1.54) is 17.8 Å². The Morgan fingerprint density at radius 2 is 2.24 bits per heavy atom. The van der Waals surface area contributed by atoms with E-state index in [9.17, 15) is 13.6 Å².